The molecule has 0 fully saturated rings. The first-order chi connectivity index (χ1) is 10.0. The summed E-state index contributed by atoms with van der Waals surface area (Å²) in [7, 11) is 1.27. The lowest BCUT2D eigenvalue weighted by Gasteiger charge is -2.11. The molecule has 0 aliphatic rings. The second-order valence-corrected chi connectivity index (χ2v) is 4.97. The van der Waals surface area contributed by atoms with Crippen molar-refractivity contribution in [2.75, 3.05) is 18.2 Å². The van der Waals surface area contributed by atoms with Gasteiger partial charge in [0.05, 0.1) is 24.0 Å². The van der Waals surface area contributed by atoms with Crippen molar-refractivity contribution >= 4 is 39.1 Å². The van der Waals surface area contributed by atoms with E-state index in [9.17, 15) is 4.79 Å². The maximum Gasteiger partial charge on any atom is 0.356 e. The number of pyridine rings is 1. The Bertz CT molecular complexity index is 740. The standard InChI is InChI=1S/C14H11BrN4O2/c1-21-14(20)11-5-4-10(17)13(18-11)19-12-6-9(15)3-2-8(12)7-16/h2-6H,17H2,1H3,(H,18,19). The van der Waals surface area contributed by atoms with Gasteiger partial charge in [-0.3, -0.25) is 0 Å². The van der Waals surface area contributed by atoms with E-state index in [4.69, 9.17) is 11.0 Å². The predicted molar refractivity (Wildman–Crippen MR) is 82.1 cm³/mol. The summed E-state index contributed by atoms with van der Waals surface area (Å²) in [6.07, 6.45) is 0. The number of methoxy groups -OCH3 is 1. The lowest BCUT2D eigenvalue weighted by Crippen LogP contribution is -2.08. The van der Waals surface area contributed by atoms with Gasteiger partial charge in [-0.25, -0.2) is 9.78 Å². The van der Waals surface area contributed by atoms with Gasteiger partial charge in [-0.2, -0.15) is 5.26 Å². The van der Waals surface area contributed by atoms with Crippen molar-refractivity contribution in [3.05, 3.63) is 46.1 Å². The number of carbonyl (C=O) groups excluding carboxylic acids is 1. The van der Waals surface area contributed by atoms with Crippen LogP contribution in [0.2, 0.25) is 0 Å². The molecule has 1 heterocycles. The van der Waals surface area contributed by atoms with Gasteiger partial charge >= 0.3 is 5.97 Å². The van der Waals surface area contributed by atoms with Crippen LogP contribution in [0.1, 0.15) is 16.1 Å². The van der Waals surface area contributed by atoms with E-state index in [-0.39, 0.29) is 11.5 Å². The van der Waals surface area contributed by atoms with Crippen LogP contribution in [0.25, 0.3) is 0 Å². The molecule has 2 aromatic rings. The molecule has 21 heavy (non-hydrogen) atoms. The highest BCUT2D eigenvalue weighted by atomic mass is 79.9. The van der Waals surface area contributed by atoms with Gasteiger partial charge in [-0.15, -0.1) is 0 Å². The Morgan fingerprint density at radius 1 is 1.43 bits per heavy atom. The predicted octanol–water partition coefficient (Wildman–Crippen LogP) is 2.83. The molecule has 0 saturated carbocycles. The number of ether oxygens (including phenoxy) is 1. The van der Waals surface area contributed by atoms with Gasteiger partial charge < -0.3 is 15.8 Å². The molecule has 106 valence electrons. The lowest BCUT2D eigenvalue weighted by molar-refractivity contribution is 0.0594. The van der Waals surface area contributed by atoms with Crippen LogP contribution in [0, 0.1) is 11.3 Å². The number of benzene rings is 1. The summed E-state index contributed by atoms with van der Waals surface area (Å²) in [5, 5.41) is 12.1. The van der Waals surface area contributed by atoms with Gasteiger partial charge in [0.1, 0.15) is 6.07 Å². The number of esters is 1. The second-order valence-electron chi connectivity index (χ2n) is 4.05. The van der Waals surface area contributed by atoms with Crippen molar-refractivity contribution < 1.29 is 9.53 Å². The molecule has 0 aliphatic carbocycles. The summed E-state index contributed by atoms with van der Waals surface area (Å²) in [5.41, 5.74) is 7.29. The summed E-state index contributed by atoms with van der Waals surface area (Å²) in [5.74, 6) is -0.278. The molecule has 2 rings (SSSR count). The highest BCUT2D eigenvalue weighted by molar-refractivity contribution is 9.10. The van der Waals surface area contributed by atoms with Gasteiger partial charge in [0.2, 0.25) is 0 Å². The number of nitrogens with zero attached hydrogens (tertiary/aromatic N) is 2. The first-order valence-electron chi connectivity index (χ1n) is 5.86. The molecular weight excluding hydrogens is 336 g/mol. The lowest BCUT2D eigenvalue weighted by atomic mass is 10.2. The Kier molecular flexibility index (Phi) is 4.40. The number of aromatic nitrogens is 1. The topological polar surface area (TPSA) is 101 Å². The molecule has 6 nitrogen and oxygen atoms in total. The first-order valence-corrected chi connectivity index (χ1v) is 6.66. The third-order valence-electron chi connectivity index (χ3n) is 2.68. The van der Waals surface area contributed by atoms with E-state index in [1.807, 2.05) is 0 Å². The van der Waals surface area contributed by atoms with Gasteiger partial charge in [-0.1, -0.05) is 15.9 Å². The van der Waals surface area contributed by atoms with Crippen LogP contribution in [0.15, 0.2) is 34.8 Å². The molecule has 0 saturated heterocycles. The van der Waals surface area contributed by atoms with Gasteiger partial charge in [0.25, 0.3) is 0 Å². The Balaban J connectivity index is 2.42. The van der Waals surface area contributed by atoms with Crippen LogP contribution in [-0.2, 0) is 4.74 Å². The molecule has 1 aromatic carbocycles. The summed E-state index contributed by atoms with van der Waals surface area (Å²) in [6.45, 7) is 0. The number of nitriles is 1. The Morgan fingerprint density at radius 2 is 2.19 bits per heavy atom. The number of rotatable bonds is 3. The first kappa shape index (κ1) is 14.8. The van der Waals surface area contributed by atoms with E-state index in [2.05, 4.69) is 37.0 Å². The summed E-state index contributed by atoms with van der Waals surface area (Å²) >= 11 is 3.33. The average Bonchev–Trinajstić information content (AvgIpc) is 2.49. The van der Waals surface area contributed by atoms with Crippen LogP contribution in [0.4, 0.5) is 17.2 Å². The van der Waals surface area contributed by atoms with E-state index in [1.54, 1.807) is 24.3 Å². The fourth-order valence-electron chi connectivity index (χ4n) is 1.63. The minimum atomic E-state index is -0.562. The third-order valence-corrected chi connectivity index (χ3v) is 3.17. The van der Waals surface area contributed by atoms with Crippen LogP contribution in [0.5, 0.6) is 0 Å². The highest BCUT2D eigenvalue weighted by Gasteiger charge is 2.12. The van der Waals surface area contributed by atoms with Crippen LogP contribution < -0.4 is 11.1 Å². The van der Waals surface area contributed by atoms with Gasteiger partial charge in [0, 0.05) is 4.47 Å². The highest BCUT2D eigenvalue weighted by Crippen LogP contribution is 2.26. The molecule has 0 unspecified atom stereocenters. The molecule has 0 bridgehead atoms. The van der Waals surface area contributed by atoms with Crippen molar-refractivity contribution in [1.29, 1.82) is 5.26 Å². The molecule has 1 aromatic heterocycles. The summed E-state index contributed by atoms with van der Waals surface area (Å²) < 4.78 is 5.41. The number of anilines is 3. The van der Waals surface area contributed by atoms with Crippen molar-refractivity contribution in [2.24, 2.45) is 0 Å². The van der Waals surface area contributed by atoms with Crippen molar-refractivity contribution in [3.8, 4) is 6.07 Å². The van der Waals surface area contributed by atoms with E-state index in [1.165, 1.54) is 13.2 Å². The van der Waals surface area contributed by atoms with Crippen molar-refractivity contribution in [1.82, 2.24) is 4.98 Å². The normalized spacial score (nSPS) is 9.76. The second kappa shape index (κ2) is 6.24. The SMILES string of the molecule is COC(=O)c1ccc(N)c(Nc2cc(Br)ccc2C#N)n1. The fraction of sp³-hybridized carbons (Fsp3) is 0.0714. The zero-order chi connectivity index (χ0) is 15.4. The molecular formula is C14H11BrN4O2. The van der Waals surface area contributed by atoms with Crippen molar-refractivity contribution in [3.63, 3.8) is 0 Å². The number of halogens is 1. The van der Waals surface area contributed by atoms with E-state index in [0.717, 1.165) is 4.47 Å². The number of nitrogens with two attached hydrogens (primary N) is 1. The van der Waals surface area contributed by atoms with E-state index < -0.39 is 5.97 Å². The Labute approximate surface area is 129 Å². The number of hydrogen-bond donors (Lipinski definition) is 2. The number of hydrogen-bond acceptors (Lipinski definition) is 6. The summed E-state index contributed by atoms with van der Waals surface area (Å²) in [4.78, 5) is 15.6. The Hall–Kier alpha value is -2.59. The minimum absolute atomic E-state index is 0.128. The number of nitrogen functional groups attached to an aromatic ring is 1. The van der Waals surface area contributed by atoms with E-state index in [0.29, 0.717) is 16.9 Å². The minimum Gasteiger partial charge on any atom is -0.464 e. The number of carbonyl (C=O) groups is 1. The molecule has 0 radical (unpaired) electrons. The third kappa shape index (κ3) is 3.30. The van der Waals surface area contributed by atoms with Crippen molar-refractivity contribution in [2.45, 2.75) is 0 Å². The monoisotopic (exact) mass is 346 g/mol. The molecule has 0 spiro atoms. The largest absolute Gasteiger partial charge is 0.464 e. The zero-order valence-corrected chi connectivity index (χ0v) is 12.6. The smallest absolute Gasteiger partial charge is 0.356 e. The Morgan fingerprint density at radius 3 is 2.86 bits per heavy atom. The average molecular weight is 347 g/mol. The maximum atomic E-state index is 11.5. The molecule has 7 heteroatoms. The molecule has 0 amide bonds. The van der Waals surface area contributed by atoms with Crippen LogP contribution >= 0.6 is 15.9 Å². The quantitative estimate of drug-likeness (QED) is 0.828. The van der Waals surface area contributed by atoms with Crippen LogP contribution in [-0.4, -0.2) is 18.1 Å². The van der Waals surface area contributed by atoms with Crippen LogP contribution in [0.3, 0.4) is 0 Å². The molecule has 0 atom stereocenters. The zero-order valence-electron chi connectivity index (χ0n) is 11.1. The fourth-order valence-corrected chi connectivity index (χ4v) is 1.99. The van der Waals surface area contributed by atoms with Gasteiger partial charge in [0.15, 0.2) is 11.5 Å². The maximum absolute atomic E-state index is 11.5. The van der Waals surface area contributed by atoms with E-state index >= 15 is 0 Å². The summed E-state index contributed by atoms with van der Waals surface area (Å²) in [6, 6.07) is 10.2. The number of nitrogens with one attached hydrogen (secondary N) is 1. The van der Waals surface area contributed by atoms with Gasteiger partial charge in [-0.05, 0) is 30.3 Å². The molecule has 0 aliphatic heterocycles. The molecule has 3 N–H and O–H groups in total.